The number of halogens is 1. The number of ether oxygens (including phenoxy) is 1. The van der Waals surface area contributed by atoms with Crippen molar-refractivity contribution in [2.75, 3.05) is 24.5 Å². The number of hydrogen-bond acceptors (Lipinski definition) is 5. The summed E-state index contributed by atoms with van der Waals surface area (Å²) >= 11 is 7.07. The minimum atomic E-state index is -0.600. The second-order valence-corrected chi connectivity index (χ2v) is 10.2. The summed E-state index contributed by atoms with van der Waals surface area (Å²) in [5.74, 6) is -0.316. The number of amides is 3. The van der Waals surface area contributed by atoms with Crippen LogP contribution < -0.4 is 15.0 Å². The van der Waals surface area contributed by atoms with E-state index >= 15 is 0 Å². The van der Waals surface area contributed by atoms with Gasteiger partial charge in [-0.15, -0.1) is 0 Å². The number of nitrogens with zero attached hydrogens (tertiary/aromatic N) is 2. The van der Waals surface area contributed by atoms with E-state index in [2.05, 4.69) is 5.32 Å². The number of hydrogen-bond donors (Lipinski definition) is 1. The summed E-state index contributed by atoms with van der Waals surface area (Å²) in [6.07, 6.45) is 2.97. The van der Waals surface area contributed by atoms with Crippen molar-refractivity contribution >= 4 is 46.5 Å². The fourth-order valence-electron chi connectivity index (χ4n) is 4.57. The lowest BCUT2D eigenvalue weighted by Gasteiger charge is -2.20. The van der Waals surface area contributed by atoms with Crippen molar-refractivity contribution in [1.82, 2.24) is 10.2 Å². The lowest BCUT2D eigenvalue weighted by molar-refractivity contribution is -0.120. The Labute approximate surface area is 202 Å². The van der Waals surface area contributed by atoms with Crippen molar-refractivity contribution in [2.45, 2.75) is 45.6 Å². The smallest absolute Gasteiger partial charge is 0.399 e. The first-order valence-corrected chi connectivity index (χ1v) is 12.5. The second-order valence-electron chi connectivity index (χ2n) is 8.54. The summed E-state index contributed by atoms with van der Waals surface area (Å²) in [6, 6.07) is 8.45. The van der Waals surface area contributed by atoms with Crippen LogP contribution in [0.5, 0.6) is 5.06 Å². The third kappa shape index (κ3) is 5.17. The number of thiophene rings is 1. The SMILES string of the molecule is CCCC1C(=O)N(c2ccc(C(=O)N3CCCC3)c(C)c2)CC1NC(=O)Oc1ccc(Cl)s1. The molecular formula is C24H28ClN3O4S. The zero-order valence-corrected chi connectivity index (χ0v) is 20.4. The molecule has 0 spiro atoms. The molecule has 2 aromatic rings. The number of likely N-dealkylation sites (tertiary alicyclic amines) is 1. The maximum Gasteiger partial charge on any atom is 0.413 e. The number of nitrogens with one attached hydrogen (secondary N) is 1. The quantitative estimate of drug-likeness (QED) is 0.628. The molecule has 2 saturated heterocycles. The summed E-state index contributed by atoms with van der Waals surface area (Å²) < 4.78 is 5.86. The Morgan fingerprint density at radius 2 is 1.97 bits per heavy atom. The molecule has 0 saturated carbocycles. The van der Waals surface area contributed by atoms with E-state index in [1.807, 2.05) is 36.9 Å². The second kappa shape index (κ2) is 10.1. The first-order chi connectivity index (χ1) is 15.9. The number of carbonyl (C=O) groups excluding carboxylic acids is 3. The van der Waals surface area contributed by atoms with Crippen LogP contribution in [0.15, 0.2) is 30.3 Å². The maximum atomic E-state index is 13.2. The van der Waals surface area contributed by atoms with E-state index in [4.69, 9.17) is 16.3 Å². The molecular weight excluding hydrogens is 462 g/mol. The molecule has 1 N–H and O–H groups in total. The van der Waals surface area contributed by atoms with Crippen molar-refractivity contribution in [2.24, 2.45) is 5.92 Å². The van der Waals surface area contributed by atoms with Crippen LogP contribution >= 0.6 is 22.9 Å². The van der Waals surface area contributed by atoms with E-state index < -0.39 is 6.09 Å². The third-order valence-corrected chi connectivity index (χ3v) is 7.35. The summed E-state index contributed by atoms with van der Waals surface area (Å²) in [4.78, 5) is 42.1. The normalized spacial score (nSPS) is 20.4. The predicted octanol–water partition coefficient (Wildman–Crippen LogP) is 4.87. The van der Waals surface area contributed by atoms with Crippen molar-refractivity contribution in [3.8, 4) is 5.06 Å². The number of rotatable bonds is 6. The van der Waals surface area contributed by atoms with E-state index in [9.17, 15) is 14.4 Å². The van der Waals surface area contributed by atoms with Crippen LogP contribution in [-0.4, -0.2) is 48.5 Å². The molecule has 2 aliphatic rings. The van der Waals surface area contributed by atoms with Crippen LogP contribution in [0.25, 0.3) is 0 Å². The molecule has 33 heavy (non-hydrogen) atoms. The lowest BCUT2D eigenvalue weighted by atomic mass is 9.98. The van der Waals surface area contributed by atoms with E-state index in [0.29, 0.717) is 27.9 Å². The van der Waals surface area contributed by atoms with Gasteiger partial charge in [0.25, 0.3) is 5.91 Å². The van der Waals surface area contributed by atoms with Gasteiger partial charge in [-0.1, -0.05) is 36.3 Å². The lowest BCUT2D eigenvalue weighted by Crippen LogP contribution is -2.42. The molecule has 176 valence electrons. The Hall–Kier alpha value is -2.58. The molecule has 0 radical (unpaired) electrons. The Morgan fingerprint density at radius 3 is 2.61 bits per heavy atom. The largest absolute Gasteiger partial charge is 0.413 e. The third-order valence-electron chi connectivity index (χ3n) is 6.24. The van der Waals surface area contributed by atoms with Crippen LogP contribution in [-0.2, 0) is 4.79 Å². The Balaban J connectivity index is 1.48. The number of carbonyl (C=O) groups is 3. The van der Waals surface area contributed by atoms with Crippen molar-refractivity contribution < 1.29 is 19.1 Å². The van der Waals surface area contributed by atoms with Gasteiger partial charge in [-0.05, 0) is 62.1 Å². The molecule has 4 rings (SSSR count). The summed E-state index contributed by atoms with van der Waals surface area (Å²) in [6.45, 7) is 5.86. The Kier molecular flexibility index (Phi) is 7.24. The van der Waals surface area contributed by atoms with E-state index in [-0.39, 0.29) is 23.8 Å². The highest BCUT2D eigenvalue weighted by atomic mass is 35.5. The van der Waals surface area contributed by atoms with Crippen LogP contribution in [0.3, 0.4) is 0 Å². The Bertz CT molecular complexity index is 1050. The van der Waals surface area contributed by atoms with E-state index in [1.165, 1.54) is 11.3 Å². The molecule has 1 aromatic carbocycles. The fraction of sp³-hybridized carbons (Fsp3) is 0.458. The average molecular weight is 490 g/mol. The molecule has 0 bridgehead atoms. The van der Waals surface area contributed by atoms with Crippen LogP contribution in [0.2, 0.25) is 4.34 Å². The van der Waals surface area contributed by atoms with Gasteiger partial charge in [-0.2, -0.15) is 0 Å². The minimum absolute atomic E-state index is 0.0284. The number of aryl methyl sites for hydroxylation is 1. The monoisotopic (exact) mass is 489 g/mol. The van der Waals surface area contributed by atoms with Gasteiger partial charge in [0.1, 0.15) is 0 Å². The number of benzene rings is 1. The number of anilines is 1. The molecule has 7 nitrogen and oxygen atoms in total. The molecule has 3 heterocycles. The molecule has 2 atom stereocenters. The predicted molar refractivity (Wildman–Crippen MR) is 129 cm³/mol. The van der Waals surface area contributed by atoms with Gasteiger partial charge in [0.15, 0.2) is 5.06 Å². The van der Waals surface area contributed by atoms with Gasteiger partial charge in [0.2, 0.25) is 5.91 Å². The topological polar surface area (TPSA) is 79.0 Å². The molecule has 2 unspecified atom stereocenters. The van der Waals surface area contributed by atoms with Crippen molar-refractivity contribution in [3.63, 3.8) is 0 Å². The van der Waals surface area contributed by atoms with Gasteiger partial charge in [-0.3, -0.25) is 9.59 Å². The Morgan fingerprint density at radius 1 is 1.21 bits per heavy atom. The fourth-order valence-corrected chi connectivity index (χ4v) is 5.44. The average Bonchev–Trinajstić information content (AvgIpc) is 3.51. The first-order valence-electron chi connectivity index (χ1n) is 11.3. The molecule has 9 heteroatoms. The maximum absolute atomic E-state index is 13.2. The summed E-state index contributed by atoms with van der Waals surface area (Å²) in [7, 11) is 0. The van der Waals surface area contributed by atoms with Gasteiger partial charge in [0.05, 0.1) is 16.3 Å². The van der Waals surface area contributed by atoms with E-state index in [1.54, 1.807) is 17.0 Å². The molecule has 3 amide bonds. The summed E-state index contributed by atoms with van der Waals surface area (Å²) in [5.41, 5.74) is 2.25. The molecule has 0 aliphatic carbocycles. The van der Waals surface area contributed by atoms with Crippen LogP contribution in [0.1, 0.15) is 48.5 Å². The van der Waals surface area contributed by atoms with Crippen molar-refractivity contribution in [1.29, 1.82) is 0 Å². The molecule has 2 aliphatic heterocycles. The minimum Gasteiger partial charge on any atom is -0.399 e. The van der Waals surface area contributed by atoms with E-state index in [0.717, 1.165) is 43.6 Å². The highest BCUT2D eigenvalue weighted by Crippen LogP contribution is 2.31. The summed E-state index contributed by atoms with van der Waals surface area (Å²) in [5, 5.41) is 3.26. The zero-order chi connectivity index (χ0) is 23.5. The van der Waals surface area contributed by atoms with Crippen molar-refractivity contribution in [3.05, 3.63) is 45.8 Å². The van der Waals surface area contributed by atoms with Crippen LogP contribution in [0.4, 0.5) is 10.5 Å². The molecule has 1 aromatic heterocycles. The van der Waals surface area contributed by atoms with Gasteiger partial charge in [0, 0.05) is 30.9 Å². The van der Waals surface area contributed by atoms with Gasteiger partial charge in [-0.25, -0.2) is 4.79 Å². The van der Waals surface area contributed by atoms with Gasteiger partial charge >= 0.3 is 6.09 Å². The van der Waals surface area contributed by atoms with Gasteiger partial charge < -0.3 is 19.9 Å². The first kappa shape index (κ1) is 23.6. The standard InChI is InChI=1S/C24H28ClN3O4S/c1-3-6-18-19(26-24(31)32-21-10-9-20(25)33-21)14-28(23(18)30)16-7-8-17(15(2)13-16)22(29)27-11-4-5-12-27/h7-10,13,18-19H,3-6,11-12,14H2,1-2H3,(H,26,31). The van der Waals surface area contributed by atoms with Crippen LogP contribution in [0, 0.1) is 12.8 Å². The molecule has 2 fully saturated rings. The highest BCUT2D eigenvalue weighted by molar-refractivity contribution is 7.17. The zero-order valence-electron chi connectivity index (χ0n) is 18.8. The highest BCUT2D eigenvalue weighted by Gasteiger charge is 2.41.